The Kier molecular flexibility index (Phi) is 5.78. The second-order valence-corrected chi connectivity index (χ2v) is 8.20. The SMILES string of the molecule is CN1C(=CC=CC(=O)c2ccccc2C(=O)O)C(C)(Cc2ccccc2)c2ccccc21. The first-order valence-electron chi connectivity index (χ1n) is 10.5. The van der Waals surface area contributed by atoms with Gasteiger partial charge in [-0.1, -0.05) is 72.8 Å². The molecule has 1 atom stereocenters. The molecule has 1 aliphatic heterocycles. The lowest BCUT2D eigenvalue weighted by molar-refractivity contribution is 0.0693. The van der Waals surface area contributed by atoms with Crippen molar-refractivity contribution >= 4 is 17.4 Å². The normalized spacial score (nSPS) is 18.8. The Balaban J connectivity index is 1.69. The standard InChI is InChI=1S/C28H25NO3/c1-28(19-20-11-4-3-5-12-20)23-15-8-9-16-24(23)29(2)26(28)18-10-17-25(30)21-13-6-7-14-22(21)27(31)32/h3-18H,19H2,1-2H3,(H,31,32). The number of rotatable bonds is 6. The molecule has 4 rings (SSSR count). The summed E-state index contributed by atoms with van der Waals surface area (Å²) >= 11 is 0. The monoisotopic (exact) mass is 423 g/mol. The molecule has 4 heteroatoms. The van der Waals surface area contributed by atoms with Gasteiger partial charge in [-0.25, -0.2) is 4.79 Å². The van der Waals surface area contributed by atoms with Crippen LogP contribution in [0.5, 0.6) is 0 Å². The van der Waals surface area contributed by atoms with Gasteiger partial charge in [-0.05, 0) is 48.8 Å². The summed E-state index contributed by atoms with van der Waals surface area (Å²) in [7, 11) is 2.04. The predicted octanol–water partition coefficient (Wildman–Crippen LogP) is 5.66. The fraction of sp³-hybridized carbons (Fsp3) is 0.143. The van der Waals surface area contributed by atoms with E-state index in [-0.39, 0.29) is 22.3 Å². The highest BCUT2D eigenvalue weighted by molar-refractivity contribution is 6.11. The minimum absolute atomic E-state index is 0.00843. The van der Waals surface area contributed by atoms with E-state index in [2.05, 4.69) is 42.2 Å². The van der Waals surface area contributed by atoms with Gasteiger partial charge in [-0.3, -0.25) is 4.79 Å². The van der Waals surface area contributed by atoms with Crippen LogP contribution in [0.4, 0.5) is 5.69 Å². The molecule has 0 aliphatic carbocycles. The Morgan fingerprint density at radius 2 is 1.53 bits per heavy atom. The Labute approximate surface area is 188 Å². The van der Waals surface area contributed by atoms with Gasteiger partial charge in [-0.15, -0.1) is 0 Å². The second kappa shape index (κ2) is 8.67. The number of anilines is 1. The number of fused-ring (bicyclic) bond motifs is 1. The number of carbonyl (C=O) groups excluding carboxylic acids is 1. The number of para-hydroxylation sites is 1. The number of likely N-dealkylation sites (N-methyl/N-ethyl adjacent to an activating group) is 1. The third-order valence-electron chi connectivity index (χ3n) is 6.11. The number of carbonyl (C=O) groups is 2. The first-order valence-corrected chi connectivity index (χ1v) is 10.5. The van der Waals surface area contributed by atoms with Crippen LogP contribution in [-0.2, 0) is 11.8 Å². The van der Waals surface area contributed by atoms with E-state index >= 15 is 0 Å². The molecule has 0 spiro atoms. The largest absolute Gasteiger partial charge is 0.478 e. The summed E-state index contributed by atoms with van der Waals surface area (Å²) in [6.45, 7) is 2.23. The van der Waals surface area contributed by atoms with E-state index in [4.69, 9.17) is 0 Å². The molecule has 0 radical (unpaired) electrons. The van der Waals surface area contributed by atoms with E-state index in [9.17, 15) is 14.7 Å². The Morgan fingerprint density at radius 3 is 2.25 bits per heavy atom. The number of carboxylic acids is 1. The van der Waals surface area contributed by atoms with Crippen LogP contribution in [0.15, 0.2) is 103 Å². The van der Waals surface area contributed by atoms with Crippen molar-refractivity contribution in [1.82, 2.24) is 0 Å². The van der Waals surface area contributed by atoms with Gasteiger partial charge in [0.15, 0.2) is 5.78 Å². The predicted molar refractivity (Wildman–Crippen MR) is 127 cm³/mol. The lowest BCUT2D eigenvalue weighted by Gasteiger charge is -2.29. The quantitative estimate of drug-likeness (QED) is 0.411. The van der Waals surface area contributed by atoms with Crippen molar-refractivity contribution in [2.45, 2.75) is 18.8 Å². The van der Waals surface area contributed by atoms with Gasteiger partial charge < -0.3 is 10.0 Å². The molecule has 160 valence electrons. The van der Waals surface area contributed by atoms with Gasteiger partial charge in [0.1, 0.15) is 0 Å². The smallest absolute Gasteiger partial charge is 0.336 e. The first-order chi connectivity index (χ1) is 15.4. The van der Waals surface area contributed by atoms with Gasteiger partial charge >= 0.3 is 5.97 Å². The fourth-order valence-electron chi connectivity index (χ4n) is 4.56. The Bertz CT molecular complexity index is 1230. The highest BCUT2D eigenvalue weighted by Crippen LogP contribution is 2.48. The summed E-state index contributed by atoms with van der Waals surface area (Å²) in [5, 5.41) is 9.36. The molecule has 0 bridgehead atoms. The summed E-state index contributed by atoms with van der Waals surface area (Å²) in [5.74, 6) is -1.44. The van der Waals surface area contributed by atoms with Crippen LogP contribution < -0.4 is 4.90 Å². The number of allylic oxidation sites excluding steroid dienone is 4. The van der Waals surface area contributed by atoms with E-state index in [0.29, 0.717) is 0 Å². The molecule has 0 fully saturated rings. The molecular weight excluding hydrogens is 398 g/mol. The zero-order valence-electron chi connectivity index (χ0n) is 18.2. The lowest BCUT2D eigenvalue weighted by atomic mass is 9.76. The Hall–Kier alpha value is -3.92. The summed E-state index contributed by atoms with van der Waals surface area (Å²) in [5.41, 5.74) is 4.64. The molecule has 3 aromatic rings. The highest BCUT2D eigenvalue weighted by atomic mass is 16.4. The van der Waals surface area contributed by atoms with Crippen LogP contribution in [0.3, 0.4) is 0 Å². The zero-order valence-corrected chi connectivity index (χ0v) is 18.2. The molecule has 1 N–H and O–H groups in total. The average Bonchev–Trinajstić information content (AvgIpc) is 3.01. The van der Waals surface area contributed by atoms with Gasteiger partial charge in [0.2, 0.25) is 0 Å². The number of nitrogens with zero attached hydrogens (tertiary/aromatic N) is 1. The molecule has 0 saturated carbocycles. The van der Waals surface area contributed by atoms with E-state index in [1.54, 1.807) is 24.3 Å². The number of hydrogen-bond donors (Lipinski definition) is 1. The van der Waals surface area contributed by atoms with E-state index in [1.165, 1.54) is 23.3 Å². The maximum atomic E-state index is 12.7. The van der Waals surface area contributed by atoms with Crippen molar-refractivity contribution < 1.29 is 14.7 Å². The molecule has 4 nitrogen and oxygen atoms in total. The molecule has 1 aliphatic rings. The molecule has 32 heavy (non-hydrogen) atoms. The summed E-state index contributed by atoms with van der Waals surface area (Å²) in [6.07, 6.45) is 5.95. The van der Waals surface area contributed by atoms with Gasteiger partial charge in [-0.2, -0.15) is 0 Å². The number of ketones is 1. The maximum absolute atomic E-state index is 12.7. The van der Waals surface area contributed by atoms with Crippen molar-refractivity contribution in [2.24, 2.45) is 0 Å². The first kappa shape index (κ1) is 21.3. The van der Waals surface area contributed by atoms with E-state index in [1.807, 2.05) is 37.4 Å². The van der Waals surface area contributed by atoms with Crippen LogP contribution >= 0.6 is 0 Å². The minimum Gasteiger partial charge on any atom is -0.478 e. The molecule has 1 heterocycles. The average molecular weight is 424 g/mol. The molecule has 3 aromatic carbocycles. The van der Waals surface area contributed by atoms with Crippen LogP contribution in [0.2, 0.25) is 0 Å². The third-order valence-corrected chi connectivity index (χ3v) is 6.11. The minimum atomic E-state index is -1.11. The zero-order chi connectivity index (χ0) is 22.7. The van der Waals surface area contributed by atoms with E-state index < -0.39 is 5.97 Å². The van der Waals surface area contributed by atoms with Crippen molar-refractivity contribution in [3.63, 3.8) is 0 Å². The van der Waals surface area contributed by atoms with Gasteiger partial charge in [0.25, 0.3) is 0 Å². The van der Waals surface area contributed by atoms with Crippen LogP contribution in [0.25, 0.3) is 0 Å². The molecule has 0 saturated heterocycles. The topological polar surface area (TPSA) is 57.6 Å². The highest BCUT2D eigenvalue weighted by Gasteiger charge is 2.41. The summed E-state index contributed by atoms with van der Waals surface area (Å²) in [4.78, 5) is 26.3. The summed E-state index contributed by atoms with van der Waals surface area (Å²) < 4.78 is 0. The number of benzene rings is 3. The van der Waals surface area contributed by atoms with Crippen LogP contribution in [0, 0.1) is 0 Å². The number of carboxylic acid groups (broad SMARTS) is 1. The molecule has 0 amide bonds. The van der Waals surface area contributed by atoms with Crippen LogP contribution in [-0.4, -0.2) is 23.9 Å². The Morgan fingerprint density at radius 1 is 0.906 bits per heavy atom. The maximum Gasteiger partial charge on any atom is 0.336 e. The van der Waals surface area contributed by atoms with Gasteiger partial charge in [0.05, 0.1) is 5.56 Å². The molecule has 0 aromatic heterocycles. The molecular formula is C28H25NO3. The summed E-state index contributed by atoms with van der Waals surface area (Å²) in [6, 6.07) is 25.0. The number of aromatic carboxylic acids is 1. The van der Waals surface area contributed by atoms with Crippen LogP contribution in [0.1, 0.15) is 38.8 Å². The molecule has 1 unspecified atom stereocenters. The van der Waals surface area contributed by atoms with Crippen molar-refractivity contribution in [3.05, 3.63) is 125 Å². The van der Waals surface area contributed by atoms with Crippen molar-refractivity contribution in [2.75, 3.05) is 11.9 Å². The van der Waals surface area contributed by atoms with Crippen molar-refractivity contribution in [1.29, 1.82) is 0 Å². The lowest BCUT2D eigenvalue weighted by Crippen LogP contribution is -2.28. The van der Waals surface area contributed by atoms with Crippen molar-refractivity contribution in [3.8, 4) is 0 Å². The second-order valence-electron chi connectivity index (χ2n) is 8.20. The van der Waals surface area contributed by atoms with Gasteiger partial charge in [0, 0.05) is 29.4 Å². The fourth-order valence-corrected chi connectivity index (χ4v) is 4.56. The third kappa shape index (κ3) is 3.87. The number of hydrogen-bond acceptors (Lipinski definition) is 3. The van der Waals surface area contributed by atoms with E-state index in [0.717, 1.165) is 17.8 Å².